The van der Waals surface area contributed by atoms with E-state index in [2.05, 4.69) is 29.8 Å². The average Bonchev–Trinajstić information content (AvgIpc) is 2.82. The van der Waals surface area contributed by atoms with Crippen LogP contribution in [0.5, 0.6) is 0 Å². The molecule has 0 amide bonds. The summed E-state index contributed by atoms with van der Waals surface area (Å²) in [6.07, 6.45) is 1.00. The van der Waals surface area contributed by atoms with Gasteiger partial charge in [0, 0.05) is 10.9 Å². The van der Waals surface area contributed by atoms with Gasteiger partial charge < -0.3 is 5.11 Å². The highest BCUT2D eigenvalue weighted by molar-refractivity contribution is 9.10. The molecule has 0 bridgehead atoms. The number of rotatable bonds is 3. The molecule has 2 atom stereocenters. The minimum atomic E-state index is -0.432. The molecule has 1 aromatic rings. The van der Waals surface area contributed by atoms with Crippen molar-refractivity contribution in [1.82, 2.24) is 0 Å². The molecule has 0 radical (unpaired) electrons. The predicted molar refractivity (Wildman–Crippen MR) is 65.7 cm³/mol. The van der Waals surface area contributed by atoms with E-state index < -0.39 is 6.10 Å². The third-order valence-corrected chi connectivity index (χ3v) is 3.98. The standard InChI is InChI=1S/C13H16BrFO/c1-13(2)7-10(13)12(16)6-8-5-9(14)3-4-11(8)15/h3-5,10,12,16H,6-7H2,1-2H3. The van der Waals surface area contributed by atoms with Gasteiger partial charge >= 0.3 is 0 Å². The summed E-state index contributed by atoms with van der Waals surface area (Å²) in [5.41, 5.74) is 0.812. The number of hydrogen-bond acceptors (Lipinski definition) is 1. The molecule has 3 heteroatoms. The second kappa shape index (κ2) is 4.11. The lowest BCUT2D eigenvalue weighted by Crippen LogP contribution is -2.17. The molecule has 1 fully saturated rings. The maximum atomic E-state index is 13.5. The number of aliphatic hydroxyl groups is 1. The summed E-state index contributed by atoms with van der Waals surface area (Å²) in [5.74, 6) is 0.0755. The Morgan fingerprint density at radius 1 is 1.56 bits per heavy atom. The number of benzene rings is 1. The SMILES string of the molecule is CC1(C)CC1C(O)Cc1cc(Br)ccc1F. The molecule has 1 nitrogen and oxygen atoms in total. The van der Waals surface area contributed by atoms with E-state index >= 15 is 0 Å². The Bertz CT molecular complexity index is 403. The first-order chi connectivity index (χ1) is 7.40. The fourth-order valence-corrected chi connectivity index (χ4v) is 2.64. The van der Waals surface area contributed by atoms with Crippen LogP contribution in [0, 0.1) is 17.2 Å². The summed E-state index contributed by atoms with van der Waals surface area (Å²) in [6, 6.07) is 4.85. The molecular weight excluding hydrogens is 271 g/mol. The average molecular weight is 287 g/mol. The quantitative estimate of drug-likeness (QED) is 0.901. The van der Waals surface area contributed by atoms with Gasteiger partial charge in [-0.1, -0.05) is 29.8 Å². The summed E-state index contributed by atoms with van der Waals surface area (Å²) in [4.78, 5) is 0. The molecule has 88 valence electrons. The van der Waals surface area contributed by atoms with Crippen LogP contribution in [0.2, 0.25) is 0 Å². The van der Waals surface area contributed by atoms with Crippen molar-refractivity contribution in [3.05, 3.63) is 34.1 Å². The normalized spacial score (nSPS) is 24.2. The highest BCUT2D eigenvalue weighted by atomic mass is 79.9. The van der Waals surface area contributed by atoms with Crippen LogP contribution in [0.1, 0.15) is 25.8 Å². The van der Waals surface area contributed by atoms with Gasteiger partial charge in [0.2, 0.25) is 0 Å². The molecule has 0 spiro atoms. The smallest absolute Gasteiger partial charge is 0.126 e. The van der Waals surface area contributed by atoms with Crippen molar-refractivity contribution in [2.45, 2.75) is 32.8 Å². The molecular formula is C13H16BrFO. The molecule has 2 rings (SSSR count). The summed E-state index contributed by atoms with van der Waals surface area (Å²) in [6.45, 7) is 4.27. The van der Waals surface area contributed by atoms with Crippen LogP contribution >= 0.6 is 15.9 Å². The first-order valence-corrected chi connectivity index (χ1v) is 6.31. The first-order valence-electron chi connectivity index (χ1n) is 5.52. The van der Waals surface area contributed by atoms with Crippen LogP contribution in [0.3, 0.4) is 0 Å². The Kier molecular flexibility index (Phi) is 3.10. The molecule has 0 heterocycles. The third kappa shape index (κ3) is 2.46. The van der Waals surface area contributed by atoms with E-state index in [4.69, 9.17) is 0 Å². The van der Waals surface area contributed by atoms with Crippen molar-refractivity contribution >= 4 is 15.9 Å². The Morgan fingerprint density at radius 2 is 2.19 bits per heavy atom. The van der Waals surface area contributed by atoms with E-state index in [9.17, 15) is 9.50 Å². The van der Waals surface area contributed by atoms with Gasteiger partial charge in [-0.25, -0.2) is 4.39 Å². The summed E-state index contributed by atoms with van der Waals surface area (Å²) >= 11 is 3.31. The minimum absolute atomic E-state index is 0.224. The number of hydrogen-bond donors (Lipinski definition) is 1. The molecule has 2 unspecified atom stereocenters. The Balaban J connectivity index is 2.06. The Hall–Kier alpha value is -0.410. The van der Waals surface area contributed by atoms with Gasteiger partial charge in [-0.05, 0) is 41.5 Å². The van der Waals surface area contributed by atoms with E-state index in [1.54, 1.807) is 12.1 Å². The van der Waals surface area contributed by atoms with Crippen molar-refractivity contribution in [2.24, 2.45) is 11.3 Å². The van der Waals surface area contributed by atoms with Gasteiger partial charge in [-0.2, -0.15) is 0 Å². The molecule has 0 saturated heterocycles. The Labute approximate surface area is 104 Å². The molecule has 1 aliphatic carbocycles. The molecule has 1 N–H and O–H groups in total. The molecule has 0 aromatic heterocycles. The lowest BCUT2D eigenvalue weighted by Gasteiger charge is -2.13. The van der Waals surface area contributed by atoms with Crippen LogP contribution in [0.4, 0.5) is 4.39 Å². The molecule has 1 aromatic carbocycles. The number of halogens is 2. The second-order valence-electron chi connectivity index (χ2n) is 5.31. The zero-order valence-corrected chi connectivity index (χ0v) is 11.1. The van der Waals surface area contributed by atoms with Crippen LogP contribution < -0.4 is 0 Å². The van der Waals surface area contributed by atoms with Crippen LogP contribution in [-0.2, 0) is 6.42 Å². The van der Waals surface area contributed by atoms with E-state index in [0.717, 1.165) is 10.9 Å². The fraction of sp³-hybridized carbons (Fsp3) is 0.538. The molecule has 16 heavy (non-hydrogen) atoms. The summed E-state index contributed by atoms with van der Waals surface area (Å²) in [7, 11) is 0. The number of aliphatic hydroxyl groups excluding tert-OH is 1. The predicted octanol–water partition coefficient (Wildman–Crippen LogP) is 3.54. The van der Waals surface area contributed by atoms with Crippen molar-refractivity contribution in [2.75, 3.05) is 0 Å². The third-order valence-electron chi connectivity index (χ3n) is 3.49. The highest BCUT2D eigenvalue weighted by Gasteiger charge is 2.49. The zero-order chi connectivity index (χ0) is 11.9. The van der Waals surface area contributed by atoms with Crippen LogP contribution in [0.25, 0.3) is 0 Å². The van der Waals surface area contributed by atoms with Crippen molar-refractivity contribution in [3.8, 4) is 0 Å². The minimum Gasteiger partial charge on any atom is -0.392 e. The molecule has 0 aliphatic heterocycles. The maximum Gasteiger partial charge on any atom is 0.126 e. The Morgan fingerprint density at radius 3 is 2.75 bits per heavy atom. The zero-order valence-electron chi connectivity index (χ0n) is 9.50. The monoisotopic (exact) mass is 286 g/mol. The van der Waals surface area contributed by atoms with Crippen molar-refractivity contribution in [1.29, 1.82) is 0 Å². The fourth-order valence-electron chi connectivity index (χ4n) is 2.23. The lowest BCUT2D eigenvalue weighted by molar-refractivity contribution is 0.136. The first kappa shape index (κ1) is 12.1. The maximum absolute atomic E-state index is 13.5. The van der Waals surface area contributed by atoms with E-state index in [-0.39, 0.29) is 11.2 Å². The van der Waals surface area contributed by atoms with Gasteiger partial charge in [0.25, 0.3) is 0 Å². The van der Waals surface area contributed by atoms with E-state index in [1.807, 2.05) is 0 Å². The highest BCUT2D eigenvalue weighted by Crippen LogP contribution is 2.54. The van der Waals surface area contributed by atoms with Crippen molar-refractivity contribution < 1.29 is 9.50 Å². The van der Waals surface area contributed by atoms with Crippen molar-refractivity contribution in [3.63, 3.8) is 0 Å². The largest absolute Gasteiger partial charge is 0.392 e. The van der Waals surface area contributed by atoms with Gasteiger partial charge in [0.15, 0.2) is 0 Å². The van der Waals surface area contributed by atoms with Gasteiger partial charge in [0.05, 0.1) is 6.10 Å². The molecule has 1 aliphatic rings. The topological polar surface area (TPSA) is 20.2 Å². The molecule has 1 saturated carbocycles. The van der Waals surface area contributed by atoms with E-state index in [1.165, 1.54) is 6.07 Å². The lowest BCUT2D eigenvalue weighted by atomic mass is 9.99. The summed E-state index contributed by atoms with van der Waals surface area (Å²) < 4.78 is 14.3. The second-order valence-corrected chi connectivity index (χ2v) is 6.22. The van der Waals surface area contributed by atoms with Gasteiger partial charge in [0.1, 0.15) is 5.82 Å². The summed E-state index contributed by atoms with van der Waals surface area (Å²) in [5, 5.41) is 10.0. The van der Waals surface area contributed by atoms with Gasteiger partial charge in [-0.15, -0.1) is 0 Å². The van der Waals surface area contributed by atoms with Crippen LogP contribution in [-0.4, -0.2) is 11.2 Å². The van der Waals surface area contributed by atoms with E-state index in [0.29, 0.717) is 17.9 Å². The van der Waals surface area contributed by atoms with Gasteiger partial charge in [-0.3, -0.25) is 0 Å². The van der Waals surface area contributed by atoms with Crippen LogP contribution in [0.15, 0.2) is 22.7 Å².